The molecule has 0 spiro atoms. The van der Waals surface area contributed by atoms with Crippen molar-refractivity contribution in [2.75, 3.05) is 6.54 Å². The summed E-state index contributed by atoms with van der Waals surface area (Å²) in [5.41, 5.74) is 6.66. The molecule has 0 aromatic heterocycles. The number of alkyl halides is 3. The van der Waals surface area contributed by atoms with E-state index in [1.54, 1.807) is 6.07 Å². The SMILES string of the molecule is CC.CC(C)c1cc(C(F)(F)F)ccc1CCCCN. The molecule has 0 aliphatic rings. The van der Waals surface area contributed by atoms with E-state index in [9.17, 15) is 13.2 Å². The number of rotatable bonds is 5. The fourth-order valence-corrected chi connectivity index (χ4v) is 2.00. The summed E-state index contributed by atoms with van der Waals surface area (Å²) in [6.07, 6.45) is -1.65. The maximum Gasteiger partial charge on any atom is 0.416 e. The van der Waals surface area contributed by atoms with Crippen LogP contribution in [0.3, 0.4) is 0 Å². The predicted molar refractivity (Wildman–Crippen MR) is 78.9 cm³/mol. The first kappa shape index (κ1) is 19.0. The molecule has 1 nitrogen and oxygen atoms in total. The summed E-state index contributed by atoms with van der Waals surface area (Å²) in [6, 6.07) is 4.06. The number of nitrogens with two attached hydrogens (primary N) is 1. The molecule has 2 N–H and O–H groups in total. The number of benzene rings is 1. The average Bonchev–Trinajstić information content (AvgIpc) is 2.40. The first-order valence-corrected chi connectivity index (χ1v) is 7.26. The normalized spacial score (nSPS) is 11.2. The van der Waals surface area contributed by atoms with Crippen molar-refractivity contribution in [3.63, 3.8) is 0 Å². The van der Waals surface area contributed by atoms with E-state index in [2.05, 4.69) is 0 Å². The maximum atomic E-state index is 12.7. The molecule has 1 aromatic carbocycles. The zero-order chi connectivity index (χ0) is 15.8. The van der Waals surface area contributed by atoms with E-state index >= 15 is 0 Å². The third-order valence-corrected chi connectivity index (χ3v) is 3.00. The van der Waals surface area contributed by atoms with Gasteiger partial charge >= 0.3 is 6.18 Å². The molecular formula is C16H26F3N. The molecule has 1 aromatic rings. The van der Waals surface area contributed by atoms with Gasteiger partial charge in [-0.15, -0.1) is 0 Å². The maximum absolute atomic E-state index is 12.7. The van der Waals surface area contributed by atoms with Gasteiger partial charge in [0.1, 0.15) is 0 Å². The van der Waals surface area contributed by atoms with Gasteiger partial charge < -0.3 is 5.73 Å². The quantitative estimate of drug-likeness (QED) is 0.746. The summed E-state index contributed by atoms with van der Waals surface area (Å²) in [5.74, 6) is 0.0974. The van der Waals surface area contributed by atoms with Crippen LogP contribution in [-0.4, -0.2) is 6.54 Å². The molecule has 0 amide bonds. The molecule has 0 bridgehead atoms. The molecule has 4 heteroatoms. The van der Waals surface area contributed by atoms with Gasteiger partial charge in [-0.1, -0.05) is 33.8 Å². The predicted octanol–water partition coefficient (Wildman–Crippen LogP) is 5.14. The van der Waals surface area contributed by atoms with Gasteiger partial charge in [0.05, 0.1) is 5.56 Å². The molecule has 0 fully saturated rings. The van der Waals surface area contributed by atoms with Crippen LogP contribution < -0.4 is 5.73 Å². The van der Waals surface area contributed by atoms with Crippen molar-refractivity contribution in [3.8, 4) is 0 Å². The largest absolute Gasteiger partial charge is 0.416 e. The van der Waals surface area contributed by atoms with Crippen molar-refractivity contribution in [1.29, 1.82) is 0 Å². The molecule has 0 atom stereocenters. The molecule has 0 saturated heterocycles. The fraction of sp³-hybridized carbons (Fsp3) is 0.625. The monoisotopic (exact) mass is 289 g/mol. The highest BCUT2D eigenvalue weighted by atomic mass is 19.4. The minimum absolute atomic E-state index is 0.0974. The molecular weight excluding hydrogens is 263 g/mol. The van der Waals surface area contributed by atoms with Crippen LogP contribution >= 0.6 is 0 Å². The Labute approximate surface area is 120 Å². The Hall–Kier alpha value is -1.03. The number of hydrogen-bond acceptors (Lipinski definition) is 1. The van der Waals surface area contributed by atoms with Gasteiger partial charge in [0.25, 0.3) is 0 Å². The third-order valence-electron chi connectivity index (χ3n) is 3.00. The van der Waals surface area contributed by atoms with Crippen LogP contribution in [0.15, 0.2) is 18.2 Å². The standard InChI is InChI=1S/C14H20F3N.C2H6/c1-10(2)13-9-12(14(15,16)17)7-6-11(13)5-3-4-8-18;1-2/h6-7,9-10H,3-5,8,18H2,1-2H3;1-2H3. The molecule has 0 radical (unpaired) electrons. The first-order chi connectivity index (χ1) is 9.36. The topological polar surface area (TPSA) is 26.0 Å². The Kier molecular flexibility index (Phi) is 8.54. The zero-order valence-electron chi connectivity index (χ0n) is 12.8. The number of hydrogen-bond donors (Lipinski definition) is 1. The van der Waals surface area contributed by atoms with Crippen LogP contribution in [-0.2, 0) is 12.6 Å². The van der Waals surface area contributed by atoms with E-state index in [1.165, 1.54) is 12.1 Å². The lowest BCUT2D eigenvalue weighted by molar-refractivity contribution is -0.137. The highest BCUT2D eigenvalue weighted by Gasteiger charge is 2.31. The van der Waals surface area contributed by atoms with Crippen molar-refractivity contribution >= 4 is 0 Å². The van der Waals surface area contributed by atoms with E-state index in [0.29, 0.717) is 6.54 Å². The smallest absolute Gasteiger partial charge is 0.330 e. The minimum atomic E-state index is -4.26. The highest BCUT2D eigenvalue weighted by molar-refractivity contribution is 5.35. The van der Waals surface area contributed by atoms with Crippen molar-refractivity contribution in [3.05, 3.63) is 34.9 Å². The van der Waals surface area contributed by atoms with Crippen molar-refractivity contribution < 1.29 is 13.2 Å². The van der Waals surface area contributed by atoms with Crippen molar-refractivity contribution in [2.24, 2.45) is 5.73 Å². The lowest BCUT2D eigenvalue weighted by Gasteiger charge is -2.16. The summed E-state index contributed by atoms with van der Waals surface area (Å²) < 4.78 is 38.0. The summed E-state index contributed by atoms with van der Waals surface area (Å²) >= 11 is 0. The molecule has 0 aliphatic heterocycles. The first-order valence-electron chi connectivity index (χ1n) is 7.26. The van der Waals surface area contributed by atoms with Gasteiger partial charge in [0, 0.05) is 0 Å². The van der Waals surface area contributed by atoms with Gasteiger partial charge in [0.2, 0.25) is 0 Å². The molecule has 116 valence electrons. The van der Waals surface area contributed by atoms with E-state index < -0.39 is 11.7 Å². The zero-order valence-corrected chi connectivity index (χ0v) is 12.8. The summed E-state index contributed by atoms with van der Waals surface area (Å²) in [5, 5.41) is 0. The minimum Gasteiger partial charge on any atom is -0.330 e. The molecule has 0 saturated carbocycles. The number of unbranched alkanes of at least 4 members (excludes halogenated alkanes) is 1. The van der Waals surface area contributed by atoms with Crippen molar-refractivity contribution in [1.82, 2.24) is 0 Å². The number of halogens is 3. The van der Waals surface area contributed by atoms with Gasteiger partial charge in [-0.25, -0.2) is 0 Å². The fourth-order valence-electron chi connectivity index (χ4n) is 2.00. The summed E-state index contributed by atoms with van der Waals surface area (Å²) in [6.45, 7) is 8.46. The van der Waals surface area contributed by atoms with E-state index in [0.717, 1.165) is 30.4 Å². The lowest BCUT2D eigenvalue weighted by Crippen LogP contribution is -2.08. The van der Waals surface area contributed by atoms with Crippen molar-refractivity contribution in [2.45, 2.75) is 59.1 Å². The van der Waals surface area contributed by atoms with Gasteiger partial charge in [-0.05, 0) is 55.0 Å². The highest BCUT2D eigenvalue weighted by Crippen LogP contribution is 2.33. The Balaban J connectivity index is 0.00000172. The Bertz CT molecular complexity index is 384. The van der Waals surface area contributed by atoms with E-state index in [4.69, 9.17) is 5.73 Å². The molecule has 0 unspecified atom stereocenters. The van der Waals surface area contributed by atoms with Gasteiger partial charge in [-0.3, -0.25) is 0 Å². The Morgan fingerprint density at radius 1 is 1.10 bits per heavy atom. The summed E-state index contributed by atoms with van der Waals surface area (Å²) in [7, 11) is 0. The number of aryl methyl sites for hydroxylation is 1. The molecule has 0 aliphatic carbocycles. The van der Waals surface area contributed by atoms with Crippen LogP contribution in [0.4, 0.5) is 13.2 Å². The second-order valence-corrected chi connectivity index (χ2v) is 4.81. The van der Waals surface area contributed by atoms with Crippen LogP contribution in [0.25, 0.3) is 0 Å². The molecule has 0 heterocycles. The molecule has 1 rings (SSSR count). The Morgan fingerprint density at radius 3 is 2.15 bits per heavy atom. The van der Waals surface area contributed by atoms with Crippen LogP contribution in [0, 0.1) is 0 Å². The second kappa shape index (κ2) is 9.01. The van der Waals surface area contributed by atoms with E-state index in [-0.39, 0.29) is 5.92 Å². The van der Waals surface area contributed by atoms with Crippen LogP contribution in [0.2, 0.25) is 0 Å². The summed E-state index contributed by atoms with van der Waals surface area (Å²) in [4.78, 5) is 0. The second-order valence-electron chi connectivity index (χ2n) is 4.81. The Morgan fingerprint density at radius 2 is 1.70 bits per heavy atom. The van der Waals surface area contributed by atoms with E-state index in [1.807, 2.05) is 27.7 Å². The third kappa shape index (κ3) is 5.95. The van der Waals surface area contributed by atoms with Crippen LogP contribution in [0.5, 0.6) is 0 Å². The average molecular weight is 289 g/mol. The van der Waals surface area contributed by atoms with Gasteiger partial charge in [-0.2, -0.15) is 13.2 Å². The lowest BCUT2D eigenvalue weighted by atomic mass is 9.92. The van der Waals surface area contributed by atoms with Gasteiger partial charge in [0.15, 0.2) is 0 Å². The molecule has 20 heavy (non-hydrogen) atoms. The van der Waals surface area contributed by atoms with Crippen LogP contribution in [0.1, 0.15) is 63.1 Å².